The van der Waals surface area contributed by atoms with Crippen molar-refractivity contribution in [3.05, 3.63) is 69.3 Å². The third kappa shape index (κ3) is 9.94. The summed E-state index contributed by atoms with van der Waals surface area (Å²) >= 11 is 17.0. The molecule has 0 saturated carbocycles. The fourth-order valence-electron chi connectivity index (χ4n) is 1.44. The van der Waals surface area contributed by atoms with Gasteiger partial charge in [0.15, 0.2) is 0 Å². The first kappa shape index (κ1) is 21.1. The molecule has 1 aliphatic rings. The lowest BCUT2D eigenvalue weighted by molar-refractivity contribution is 0.782. The van der Waals surface area contributed by atoms with E-state index < -0.39 is 0 Å². The van der Waals surface area contributed by atoms with Gasteiger partial charge in [0.05, 0.1) is 10.0 Å². The van der Waals surface area contributed by atoms with Gasteiger partial charge in [-0.2, -0.15) is 0 Å². The lowest BCUT2D eigenvalue weighted by Crippen LogP contribution is -2.12. The quantitative estimate of drug-likeness (QED) is 0.613. The molecule has 1 aromatic rings. The second kappa shape index (κ2) is 13.8. The Hall–Kier alpha value is -0.890. The van der Waals surface area contributed by atoms with Gasteiger partial charge < -0.3 is 5.32 Å². The molecule has 0 fully saturated rings. The van der Waals surface area contributed by atoms with Gasteiger partial charge in [0.1, 0.15) is 0 Å². The predicted octanol–water partition coefficient (Wildman–Crippen LogP) is 6.97. The van der Waals surface area contributed by atoms with Crippen molar-refractivity contribution in [3.63, 3.8) is 0 Å². The van der Waals surface area contributed by atoms with Crippen LogP contribution in [-0.2, 0) is 0 Å². The number of halogens is 3. The zero-order valence-electron chi connectivity index (χ0n) is 13.4. The van der Waals surface area contributed by atoms with E-state index in [0.29, 0.717) is 10.0 Å². The van der Waals surface area contributed by atoms with E-state index in [0.717, 1.165) is 24.4 Å². The molecular weight excluding hydrogens is 337 g/mol. The summed E-state index contributed by atoms with van der Waals surface area (Å²) in [5, 5.41) is 5.34. The van der Waals surface area contributed by atoms with Crippen molar-refractivity contribution in [1.82, 2.24) is 5.32 Å². The van der Waals surface area contributed by atoms with E-state index in [1.165, 1.54) is 5.70 Å². The number of hydrogen-bond donors (Lipinski definition) is 1. The first-order valence-electron chi connectivity index (χ1n) is 7.51. The normalized spacial score (nSPS) is 12.6. The summed E-state index contributed by atoms with van der Waals surface area (Å²) in [5.41, 5.74) is 1.17. The third-order valence-electron chi connectivity index (χ3n) is 2.48. The molecule has 0 radical (unpaired) electrons. The Morgan fingerprint density at radius 3 is 2.05 bits per heavy atom. The van der Waals surface area contributed by atoms with Crippen LogP contribution in [0.25, 0.3) is 0 Å². The van der Waals surface area contributed by atoms with Gasteiger partial charge in [-0.05, 0) is 37.1 Å². The molecule has 2 rings (SSSR count). The maximum atomic E-state index is 5.83. The van der Waals surface area contributed by atoms with E-state index in [-0.39, 0.29) is 0 Å². The van der Waals surface area contributed by atoms with Gasteiger partial charge in [0, 0.05) is 17.3 Å². The molecule has 0 spiro atoms. The van der Waals surface area contributed by atoms with Crippen molar-refractivity contribution < 1.29 is 0 Å². The predicted molar refractivity (Wildman–Crippen MR) is 102 cm³/mol. The molecule has 0 unspecified atom stereocenters. The molecule has 1 nitrogen and oxygen atoms in total. The van der Waals surface area contributed by atoms with Gasteiger partial charge in [-0.25, -0.2) is 0 Å². The second-order valence-corrected chi connectivity index (χ2v) is 5.41. The lowest BCUT2D eigenvalue weighted by atomic mass is 10.3. The van der Waals surface area contributed by atoms with Crippen LogP contribution in [-0.4, -0.2) is 6.54 Å². The lowest BCUT2D eigenvalue weighted by Gasteiger charge is -2.03. The Kier molecular flexibility index (Phi) is 13.2. The SMILES string of the molecule is CC.CCCNC1=CCC=C(Cl)C=C1.Clc1ccccc1Cl. The number of benzene rings is 1. The van der Waals surface area contributed by atoms with Crippen LogP contribution in [0.4, 0.5) is 0 Å². The number of allylic oxidation sites excluding steroid dienone is 5. The minimum absolute atomic E-state index is 0.606. The Morgan fingerprint density at radius 1 is 0.955 bits per heavy atom. The van der Waals surface area contributed by atoms with Gasteiger partial charge in [-0.3, -0.25) is 0 Å². The van der Waals surface area contributed by atoms with E-state index in [4.69, 9.17) is 34.8 Å². The molecule has 0 amide bonds. The minimum Gasteiger partial charge on any atom is -0.385 e. The van der Waals surface area contributed by atoms with Crippen LogP contribution in [0.3, 0.4) is 0 Å². The highest BCUT2D eigenvalue weighted by Gasteiger charge is 1.94. The minimum atomic E-state index is 0.606. The smallest absolute Gasteiger partial charge is 0.0592 e. The molecule has 0 heterocycles. The topological polar surface area (TPSA) is 12.0 Å². The van der Waals surface area contributed by atoms with Gasteiger partial charge in [-0.1, -0.05) is 79.9 Å². The molecule has 22 heavy (non-hydrogen) atoms. The first-order valence-corrected chi connectivity index (χ1v) is 8.64. The Balaban J connectivity index is 0.000000382. The summed E-state index contributed by atoms with van der Waals surface area (Å²) in [5.74, 6) is 0. The van der Waals surface area contributed by atoms with Gasteiger partial charge >= 0.3 is 0 Å². The molecule has 0 aromatic heterocycles. The molecular formula is C18H24Cl3N. The van der Waals surface area contributed by atoms with Crippen LogP contribution < -0.4 is 5.32 Å². The fourth-order valence-corrected chi connectivity index (χ4v) is 1.87. The molecule has 4 heteroatoms. The van der Waals surface area contributed by atoms with Crippen molar-refractivity contribution >= 4 is 34.8 Å². The van der Waals surface area contributed by atoms with Crippen LogP contribution >= 0.6 is 34.8 Å². The van der Waals surface area contributed by atoms with Crippen molar-refractivity contribution in [2.45, 2.75) is 33.6 Å². The molecule has 1 aliphatic carbocycles. The highest BCUT2D eigenvalue weighted by atomic mass is 35.5. The summed E-state index contributed by atoms with van der Waals surface area (Å²) in [7, 11) is 0. The summed E-state index contributed by atoms with van der Waals surface area (Å²) in [6, 6.07) is 7.19. The fraction of sp³-hybridized carbons (Fsp3) is 0.333. The van der Waals surface area contributed by atoms with Crippen molar-refractivity contribution in [3.8, 4) is 0 Å². The highest BCUT2D eigenvalue weighted by Crippen LogP contribution is 2.19. The number of nitrogens with one attached hydrogen (secondary N) is 1. The Labute approximate surface area is 149 Å². The average Bonchev–Trinajstić information content (AvgIpc) is 2.75. The van der Waals surface area contributed by atoms with Gasteiger partial charge in [0.2, 0.25) is 0 Å². The van der Waals surface area contributed by atoms with E-state index in [2.05, 4.69) is 18.3 Å². The van der Waals surface area contributed by atoms with Crippen molar-refractivity contribution in [2.24, 2.45) is 0 Å². The molecule has 122 valence electrons. The Bertz CT molecular complexity index is 484. The summed E-state index contributed by atoms with van der Waals surface area (Å²) in [4.78, 5) is 0. The van der Waals surface area contributed by atoms with E-state index in [1.54, 1.807) is 12.1 Å². The van der Waals surface area contributed by atoms with E-state index in [9.17, 15) is 0 Å². The monoisotopic (exact) mass is 359 g/mol. The zero-order valence-corrected chi connectivity index (χ0v) is 15.6. The van der Waals surface area contributed by atoms with Crippen LogP contribution in [0, 0.1) is 0 Å². The second-order valence-electron chi connectivity index (χ2n) is 4.16. The Morgan fingerprint density at radius 2 is 1.55 bits per heavy atom. The number of hydrogen-bond acceptors (Lipinski definition) is 1. The van der Waals surface area contributed by atoms with Crippen LogP contribution in [0.5, 0.6) is 0 Å². The van der Waals surface area contributed by atoms with Crippen LogP contribution in [0.1, 0.15) is 33.6 Å². The largest absolute Gasteiger partial charge is 0.385 e. The van der Waals surface area contributed by atoms with E-state index in [1.807, 2.05) is 44.2 Å². The highest BCUT2D eigenvalue weighted by molar-refractivity contribution is 6.41. The molecule has 1 N–H and O–H groups in total. The van der Waals surface area contributed by atoms with Gasteiger partial charge in [-0.15, -0.1) is 0 Å². The van der Waals surface area contributed by atoms with Crippen LogP contribution in [0.2, 0.25) is 10.0 Å². The van der Waals surface area contributed by atoms with Crippen molar-refractivity contribution in [1.29, 1.82) is 0 Å². The zero-order chi connectivity index (χ0) is 16.8. The summed E-state index contributed by atoms with van der Waals surface area (Å²) < 4.78 is 0. The average molecular weight is 361 g/mol. The standard InChI is InChI=1S/C10H14ClN.C6H4Cl2.C2H6/c1-2-8-12-10-5-3-4-9(11)6-7-10;7-5-3-1-2-4-6(5)8;1-2/h4-7,12H,2-3,8H2,1H3;1-4H;1-2H3. The van der Waals surface area contributed by atoms with E-state index >= 15 is 0 Å². The molecule has 0 bridgehead atoms. The maximum Gasteiger partial charge on any atom is 0.0592 e. The molecule has 0 aliphatic heterocycles. The first-order chi connectivity index (χ1) is 10.6. The number of rotatable bonds is 3. The molecule has 0 saturated heterocycles. The summed E-state index contributed by atoms with van der Waals surface area (Å²) in [6.45, 7) is 7.17. The molecule has 0 atom stereocenters. The third-order valence-corrected chi connectivity index (χ3v) is 3.51. The van der Waals surface area contributed by atoms with Gasteiger partial charge in [0.25, 0.3) is 0 Å². The van der Waals surface area contributed by atoms with Crippen molar-refractivity contribution in [2.75, 3.05) is 6.54 Å². The maximum absolute atomic E-state index is 5.83. The summed E-state index contributed by atoms with van der Waals surface area (Å²) in [6.07, 6.45) is 10.1. The van der Waals surface area contributed by atoms with Crippen LogP contribution in [0.15, 0.2) is 59.3 Å². The molecule has 1 aromatic carbocycles.